The van der Waals surface area contributed by atoms with E-state index in [1.807, 2.05) is 30.3 Å². The highest BCUT2D eigenvalue weighted by molar-refractivity contribution is 7.80. The summed E-state index contributed by atoms with van der Waals surface area (Å²) in [6, 6.07) is 14.7. The first-order valence-corrected chi connectivity index (χ1v) is 9.60. The van der Waals surface area contributed by atoms with E-state index in [0.29, 0.717) is 10.6 Å². The van der Waals surface area contributed by atoms with Gasteiger partial charge in [-0.1, -0.05) is 30.3 Å². The SMILES string of the molecule is CCOC(=O)c1cc(-c2ccccc2)sc1NC(=S)Nc1ccc(F)c(F)c1. The quantitative estimate of drug-likeness (QED) is 0.412. The molecule has 144 valence electrons. The molecule has 8 heteroatoms. The fourth-order valence-electron chi connectivity index (χ4n) is 2.43. The molecule has 0 amide bonds. The first kappa shape index (κ1) is 19.9. The molecule has 2 N–H and O–H groups in total. The van der Waals surface area contributed by atoms with E-state index < -0.39 is 17.6 Å². The summed E-state index contributed by atoms with van der Waals surface area (Å²) >= 11 is 6.58. The standard InChI is InChI=1S/C20H16F2N2O2S2/c1-2-26-19(25)14-11-17(12-6-4-3-5-7-12)28-18(14)24-20(27)23-13-8-9-15(21)16(22)10-13/h3-11H,2H2,1H3,(H2,23,24,27). The maximum Gasteiger partial charge on any atom is 0.341 e. The van der Waals surface area contributed by atoms with E-state index in [1.54, 1.807) is 13.0 Å². The smallest absolute Gasteiger partial charge is 0.341 e. The van der Waals surface area contributed by atoms with Gasteiger partial charge in [-0.05, 0) is 42.9 Å². The van der Waals surface area contributed by atoms with Crippen LogP contribution in [-0.4, -0.2) is 17.7 Å². The lowest BCUT2D eigenvalue weighted by atomic mass is 10.1. The molecule has 0 bridgehead atoms. The summed E-state index contributed by atoms with van der Waals surface area (Å²) < 4.78 is 31.5. The predicted molar refractivity (Wildman–Crippen MR) is 112 cm³/mol. The molecule has 4 nitrogen and oxygen atoms in total. The molecular formula is C20H16F2N2O2S2. The van der Waals surface area contributed by atoms with Crippen LogP contribution in [-0.2, 0) is 4.74 Å². The van der Waals surface area contributed by atoms with Crippen LogP contribution >= 0.6 is 23.6 Å². The number of hydrogen-bond donors (Lipinski definition) is 2. The minimum atomic E-state index is -0.984. The number of carbonyl (C=O) groups is 1. The number of benzene rings is 2. The van der Waals surface area contributed by atoms with Gasteiger partial charge in [-0.2, -0.15) is 0 Å². The number of thiocarbonyl (C=S) groups is 1. The van der Waals surface area contributed by atoms with E-state index in [0.717, 1.165) is 22.6 Å². The van der Waals surface area contributed by atoms with Crippen molar-refractivity contribution in [2.75, 3.05) is 17.2 Å². The summed E-state index contributed by atoms with van der Waals surface area (Å²) in [5.74, 6) is -2.40. The Morgan fingerprint density at radius 2 is 1.82 bits per heavy atom. The number of carbonyl (C=O) groups excluding carboxylic acids is 1. The number of hydrogen-bond acceptors (Lipinski definition) is 4. The third kappa shape index (κ3) is 4.71. The lowest BCUT2D eigenvalue weighted by Gasteiger charge is -2.11. The van der Waals surface area contributed by atoms with Gasteiger partial charge in [-0.15, -0.1) is 11.3 Å². The molecule has 3 aromatic rings. The van der Waals surface area contributed by atoms with Crippen molar-refractivity contribution in [2.24, 2.45) is 0 Å². The monoisotopic (exact) mass is 418 g/mol. The lowest BCUT2D eigenvalue weighted by Crippen LogP contribution is -2.20. The Kier molecular flexibility index (Phi) is 6.33. The molecule has 0 radical (unpaired) electrons. The average molecular weight is 418 g/mol. The van der Waals surface area contributed by atoms with E-state index in [4.69, 9.17) is 17.0 Å². The number of halogens is 2. The zero-order valence-electron chi connectivity index (χ0n) is 14.8. The van der Waals surface area contributed by atoms with Crippen LogP contribution in [0.3, 0.4) is 0 Å². The molecule has 0 atom stereocenters. The third-order valence-electron chi connectivity index (χ3n) is 3.69. The van der Waals surface area contributed by atoms with Gasteiger partial charge >= 0.3 is 5.97 Å². The molecule has 0 aliphatic rings. The van der Waals surface area contributed by atoms with Crippen LogP contribution in [0.4, 0.5) is 19.5 Å². The Morgan fingerprint density at radius 3 is 2.50 bits per heavy atom. The van der Waals surface area contributed by atoms with Crippen LogP contribution in [0, 0.1) is 11.6 Å². The normalized spacial score (nSPS) is 10.4. The second-order valence-electron chi connectivity index (χ2n) is 5.65. The second-order valence-corrected chi connectivity index (χ2v) is 7.11. The van der Waals surface area contributed by atoms with Crippen molar-refractivity contribution in [2.45, 2.75) is 6.92 Å². The molecule has 3 rings (SSSR count). The number of esters is 1. The fraction of sp³-hybridized carbons (Fsp3) is 0.100. The van der Waals surface area contributed by atoms with Gasteiger partial charge in [0.2, 0.25) is 0 Å². The minimum Gasteiger partial charge on any atom is -0.462 e. The van der Waals surface area contributed by atoms with Crippen molar-refractivity contribution in [1.29, 1.82) is 0 Å². The highest BCUT2D eigenvalue weighted by Crippen LogP contribution is 2.36. The Balaban J connectivity index is 1.84. The van der Waals surface area contributed by atoms with Gasteiger partial charge in [0, 0.05) is 16.6 Å². The molecule has 0 unspecified atom stereocenters. The zero-order chi connectivity index (χ0) is 20.1. The molecule has 1 heterocycles. The van der Waals surface area contributed by atoms with Crippen molar-refractivity contribution in [3.8, 4) is 10.4 Å². The Morgan fingerprint density at radius 1 is 1.07 bits per heavy atom. The van der Waals surface area contributed by atoms with Gasteiger partial charge in [0.25, 0.3) is 0 Å². The van der Waals surface area contributed by atoms with E-state index in [-0.39, 0.29) is 17.4 Å². The molecule has 2 aromatic carbocycles. The van der Waals surface area contributed by atoms with Crippen LogP contribution in [0.25, 0.3) is 10.4 Å². The van der Waals surface area contributed by atoms with Crippen LogP contribution in [0.1, 0.15) is 17.3 Å². The van der Waals surface area contributed by atoms with Crippen LogP contribution in [0.15, 0.2) is 54.6 Å². The van der Waals surface area contributed by atoms with Gasteiger partial charge < -0.3 is 15.4 Å². The third-order valence-corrected chi connectivity index (χ3v) is 4.99. The number of anilines is 2. The number of rotatable bonds is 5. The summed E-state index contributed by atoms with van der Waals surface area (Å²) in [4.78, 5) is 13.2. The molecule has 0 aliphatic heterocycles. The summed E-state index contributed by atoms with van der Waals surface area (Å²) in [7, 11) is 0. The van der Waals surface area contributed by atoms with Crippen molar-refractivity contribution in [3.63, 3.8) is 0 Å². The summed E-state index contributed by atoms with van der Waals surface area (Å²) in [5, 5.41) is 6.35. The highest BCUT2D eigenvalue weighted by Gasteiger charge is 2.19. The Hall–Kier alpha value is -2.84. The number of ether oxygens (including phenoxy) is 1. The lowest BCUT2D eigenvalue weighted by molar-refractivity contribution is 0.0528. The van der Waals surface area contributed by atoms with Gasteiger partial charge in [-0.3, -0.25) is 0 Å². The highest BCUT2D eigenvalue weighted by atomic mass is 32.1. The van der Waals surface area contributed by atoms with Crippen LogP contribution < -0.4 is 10.6 Å². The van der Waals surface area contributed by atoms with Gasteiger partial charge in [0.05, 0.1) is 12.2 Å². The fourth-order valence-corrected chi connectivity index (χ4v) is 3.77. The van der Waals surface area contributed by atoms with Crippen molar-refractivity contribution >= 4 is 45.3 Å². The number of nitrogens with one attached hydrogen (secondary N) is 2. The zero-order valence-corrected chi connectivity index (χ0v) is 16.4. The first-order valence-electron chi connectivity index (χ1n) is 8.37. The molecular weight excluding hydrogens is 402 g/mol. The molecule has 0 fully saturated rings. The van der Waals surface area contributed by atoms with Crippen molar-refractivity contribution in [1.82, 2.24) is 0 Å². The molecule has 0 saturated heterocycles. The van der Waals surface area contributed by atoms with E-state index in [2.05, 4.69) is 10.6 Å². The summed E-state index contributed by atoms with van der Waals surface area (Å²) in [6.45, 7) is 1.97. The topological polar surface area (TPSA) is 50.4 Å². The average Bonchev–Trinajstić information content (AvgIpc) is 3.09. The molecule has 0 saturated carbocycles. The van der Waals surface area contributed by atoms with Crippen LogP contribution in [0.2, 0.25) is 0 Å². The number of thiophene rings is 1. The maximum atomic E-state index is 13.4. The summed E-state index contributed by atoms with van der Waals surface area (Å²) in [5.41, 5.74) is 1.58. The van der Waals surface area contributed by atoms with Crippen molar-refractivity contribution in [3.05, 3.63) is 71.8 Å². The minimum absolute atomic E-state index is 0.137. The summed E-state index contributed by atoms with van der Waals surface area (Å²) in [6.07, 6.45) is 0. The van der Waals surface area contributed by atoms with Gasteiger partial charge in [0.15, 0.2) is 16.7 Å². The first-order chi connectivity index (χ1) is 13.5. The maximum absolute atomic E-state index is 13.4. The molecule has 0 aliphatic carbocycles. The van der Waals surface area contributed by atoms with E-state index >= 15 is 0 Å². The van der Waals surface area contributed by atoms with E-state index in [9.17, 15) is 13.6 Å². The van der Waals surface area contributed by atoms with E-state index in [1.165, 1.54) is 17.4 Å². The second kappa shape index (κ2) is 8.90. The Labute approximate surface area is 170 Å². The van der Waals surface area contributed by atoms with Gasteiger partial charge in [-0.25, -0.2) is 13.6 Å². The molecule has 0 spiro atoms. The molecule has 28 heavy (non-hydrogen) atoms. The van der Waals surface area contributed by atoms with Crippen LogP contribution in [0.5, 0.6) is 0 Å². The largest absolute Gasteiger partial charge is 0.462 e. The Bertz CT molecular complexity index is 1010. The van der Waals surface area contributed by atoms with Crippen molar-refractivity contribution < 1.29 is 18.3 Å². The predicted octanol–water partition coefficient (Wildman–Crippen LogP) is 5.68. The molecule has 1 aromatic heterocycles. The van der Waals surface area contributed by atoms with Gasteiger partial charge in [0.1, 0.15) is 5.00 Å².